The lowest BCUT2D eigenvalue weighted by molar-refractivity contribution is -0.358. The van der Waals surface area contributed by atoms with E-state index in [2.05, 4.69) is 0 Å². The SMILES string of the molecule is O=c1c(O[C@@H]2O[C@H](CO)[C@@H](O)[C@H](O)[C@H]2O[C@H]2O[C@@H](CO)[C@H](O)[C@@H](O)[C@@H]2O)c(-c2ccc(O)c(O)c2)oc2cc(O[C@@H]3O[C@H](CO)[C@@H](O)[C@H](O)[C@H]3O)cc(O)c12. The maximum atomic E-state index is 14.2. The first-order valence-electron chi connectivity index (χ1n) is 16.7. The van der Waals surface area contributed by atoms with Crippen LogP contribution in [0, 0.1) is 0 Å². The average molecular weight is 789 g/mol. The van der Waals surface area contributed by atoms with Gasteiger partial charge in [0.2, 0.25) is 23.8 Å². The van der Waals surface area contributed by atoms with E-state index < -0.39 is 157 Å². The number of aliphatic hydroxyl groups is 11. The molecule has 3 aromatic rings. The van der Waals surface area contributed by atoms with Gasteiger partial charge in [0, 0.05) is 17.7 Å². The van der Waals surface area contributed by atoms with E-state index in [4.69, 9.17) is 32.8 Å². The molecule has 4 heterocycles. The van der Waals surface area contributed by atoms with Crippen LogP contribution < -0.4 is 14.9 Å². The summed E-state index contributed by atoms with van der Waals surface area (Å²) in [4.78, 5) is 14.2. The zero-order valence-electron chi connectivity index (χ0n) is 28.2. The second kappa shape index (κ2) is 16.3. The maximum Gasteiger partial charge on any atom is 0.239 e. The van der Waals surface area contributed by atoms with Crippen LogP contribution >= 0.6 is 0 Å². The molecule has 0 spiro atoms. The third-order valence-electron chi connectivity index (χ3n) is 9.44. The van der Waals surface area contributed by atoms with E-state index in [0.717, 1.165) is 24.3 Å². The molecule has 2 aromatic carbocycles. The van der Waals surface area contributed by atoms with Crippen molar-refractivity contribution < 1.29 is 104 Å². The largest absolute Gasteiger partial charge is 0.507 e. The van der Waals surface area contributed by atoms with E-state index in [-0.39, 0.29) is 11.3 Å². The lowest BCUT2D eigenvalue weighted by atomic mass is 9.97. The van der Waals surface area contributed by atoms with Crippen molar-refractivity contribution in [1.82, 2.24) is 0 Å². The summed E-state index contributed by atoms with van der Waals surface area (Å²) in [6.45, 7) is -2.56. The van der Waals surface area contributed by atoms with E-state index >= 15 is 0 Å². The Hall–Kier alpha value is -3.95. The summed E-state index contributed by atoms with van der Waals surface area (Å²) < 4.78 is 39.5. The van der Waals surface area contributed by atoms with Crippen LogP contribution in [-0.2, 0) is 18.9 Å². The Morgan fingerprint density at radius 2 is 1.11 bits per heavy atom. The molecule has 1 aromatic heterocycles. The zero-order valence-corrected chi connectivity index (χ0v) is 28.2. The number of phenols is 3. The minimum atomic E-state index is -2.05. The lowest BCUT2D eigenvalue weighted by Gasteiger charge is -2.45. The molecule has 15 atom stereocenters. The van der Waals surface area contributed by atoms with Gasteiger partial charge >= 0.3 is 0 Å². The minimum Gasteiger partial charge on any atom is -0.507 e. The third kappa shape index (κ3) is 7.63. The van der Waals surface area contributed by atoms with Crippen LogP contribution in [0.15, 0.2) is 39.5 Å². The van der Waals surface area contributed by atoms with Crippen molar-refractivity contribution in [3.05, 3.63) is 40.6 Å². The van der Waals surface area contributed by atoms with Gasteiger partial charge in [-0.1, -0.05) is 0 Å². The van der Waals surface area contributed by atoms with Gasteiger partial charge in [0.1, 0.15) is 89.6 Å². The van der Waals surface area contributed by atoms with Gasteiger partial charge in [-0.05, 0) is 18.2 Å². The number of fused-ring (bicyclic) bond motifs is 1. The van der Waals surface area contributed by atoms with Gasteiger partial charge < -0.3 is 104 Å². The number of benzene rings is 2. The predicted molar refractivity (Wildman–Crippen MR) is 174 cm³/mol. The van der Waals surface area contributed by atoms with Crippen LogP contribution in [0.5, 0.6) is 28.7 Å². The van der Waals surface area contributed by atoms with E-state index in [1.165, 1.54) is 6.07 Å². The molecule has 3 fully saturated rings. The first-order valence-corrected chi connectivity index (χ1v) is 16.7. The Labute approximate surface area is 307 Å². The molecule has 0 saturated carbocycles. The van der Waals surface area contributed by atoms with E-state index in [9.17, 15) is 76.3 Å². The Morgan fingerprint density at radius 3 is 1.69 bits per heavy atom. The molecular weight excluding hydrogens is 748 g/mol. The van der Waals surface area contributed by atoms with E-state index in [1.54, 1.807) is 0 Å². The van der Waals surface area contributed by atoms with Gasteiger partial charge in [-0.2, -0.15) is 0 Å². The summed E-state index contributed by atoms with van der Waals surface area (Å²) in [5, 5.41) is 143. The molecule has 0 aliphatic carbocycles. The third-order valence-corrected chi connectivity index (χ3v) is 9.44. The highest BCUT2D eigenvalue weighted by Gasteiger charge is 2.52. The number of ether oxygens (including phenoxy) is 6. The molecular formula is C33H40O22. The second-order valence-electron chi connectivity index (χ2n) is 13.0. The molecule has 3 aliphatic heterocycles. The minimum absolute atomic E-state index is 0.162. The van der Waals surface area contributed by atoms with Crippen LogP contribution in [-0.4, -0.2) is 183 Å². The van der Waals surface area contributed by atoms with Crippen molar-refractivity contribution in [2.45, 2.75) is 92.1 Å². The molecule has 22 nitrogen and oxygen atoms in total. The highest BCUT2D eigenvalue weighted by molar-refractivity contribution is 5.88. The number of hydrogen-bond acceptors (Lipinski definition) is 22. The van der Waals surface area contributed by atoms with Crippen molar-refractivity contribution in [2.24, 2.45) is 0 Å². The number of hydrogen-bond donors (Lipinski definition) is 14. The fourth-order valence-electron chi connectivity index (χ4n) is 6.33. The van der Waals surface area contributed by atoms with Crippen LogP contribution in [0.3, 0.4) is 0 Å². The van der Waals surface area contributed by atoms with Gasteiger partial charge in [-0.15, -0.1) is 0 Å². The Kier molecular flexibility index (Phi) is 12.0. The fourth-order valence-corrected chi connectivity index (χ4v) is 6.33. The molecule has 22 heteroatoms. The molecule has 3 saturated heterocycles. The molecule has 0 unspecified atom stereocenters. The Bertz CT molecular complexity index is 1870. The van der Waals surface area contributed by atoms with Crippen molar-refractivity contribution in [3.63, 3.8) is 0 Å². The van der Waals surface area contributed by atoms with Gasteiger partial charge in [0.25, 0.3) is 0 Å². The summed E-state index contributed by atoms with van der Waals surface area (Å²) in [6, 6.07) is 5.03. The summed E-state index contributed by atoms with van der Waals surface area (Å²) in [7, 11) is 0. The molecule has 304 valence electrons. The highest BCUT2D eigenvalue weighted by atomic mass is 16.8. The number of aliphatic hydroxyl groups excluding tert-OH is 11. The maximum absolute atomic E-state index is 14.2. The molecule has 0 amide bonds. The van der Waals surface area contributed by atoms with Crippen molar-refractivity contribution in [2.75, 3.05) is 19.8 Å². The normalized spacial score (nSPS) is 36.8. The standard InChI is InChI=1S/C33H40O22/c34-6-15-19(40)23(44)26(47)31(51-15)49-10-4-13(39)18-14(5-10)50-28(9-1-2-11(37)12(38)3-9)29(22(18)43)54-33-30(25(46)21(42)17(8-36)53-33)55-32-27(48)24(45)20(41)16(7-35)52-32/h1-5,15-17,19-21,23-27,30-42,44-48H,6-8H2/t15-,16+,17-,19-,20+,21-,23+,24-,25+,26-,27+,30-,31-,32-,33+/m1/s1. The Balaban J connectivity index is 1.43. The molecule has 6 rings (SSSR count). The number of phenolic OH excluding ortho intramolecular Hbond substituents is 3. The summed E-state index contributed by atoms with van der Waals surface area (Å²) in [6.07, 6.45) is -27.2. The topological polar surface area (TPSA) is 369 Å². The molecule has 0 bridgehead atoms. The van der Waals surface area contributed by atoms with Crippen LogP contribution in [0.4, 0.5) is 0 Å². The van der Waals surface area contributed by atoms with Gasteiger partial charge in [-0.25, -0.2) is 0 Å². The molecule has 55 heavy (non-hydrogen) atoms. The van der Waals surface area contributed by atoms with Crippen LogP contribution in [0.25, 0.3) is 22.3 Å². The summed E-state index contributed by atoms with van der Waals surface area (Å²) in [5.74, 6) is -3.84. The Morgan fingerprint density at radius 1 is 0.564 bits per heavy atom. The number of aromatic hydroxyl groups is 3. The smallest absolute Gasteiger partial charge is 0.239 e. The monoisotopic (exact) mass is 788 g/mol. The van der Waals surface area contributed by atoms with E-state index in [1.807, 2.05) is 0 Å². The van der Waals surface area contributed by atoms with Crippen molar-refractivity contribution in [3.8, 4) is 40.1 Å². The number of rotatable bonds is 10. The van der Waals surface area contributed by atoms with Crippen LogP contribution in [0.1, 0.15) is 0 Å². The summed E-state index contributed by atoms with van der Waals surface area (Å²) in [5.41, 5.74) is -1.77. The average Bonchev–Trinajstić information content (AvgIpc) is 3.16. The fraction of sp³-hybridized carbons (Fsp3) is 0.545. The van der Waals surface area contributed by atoms with Gasteiger partial charge in [0.15, 0.2) is 29.7 Å². The van der Waals surface area contributed by atoms with Gasteiger partial charge in [0.05, 0.1) is 19.8 Å². The van der Waals surface area contributed by atoms with Crippen LogP contribution in [0.2, 0.25) is 0 Å². The lowest BCUT2D eigenvalue weighted by Crippen LogP contribution is -2.65. The first kappa shape index (κ1) is 40.7. The molecule has 3 aliphatic rings. The highest BCUT2D eigenvalue weighted by Crippen LogP contribution is 2.41. The quantitative estimate of drug-likeness (QED) is 0.0853. The van der Waals surface area contributed by atoms with Crippen molar-refractivity contribution in [1.29, 1.82) is 0 Å². The zero-order chi connectivity index (χ0) is 40.0. The predicted octanol–water partition coefficient (Wildman–Crippen LogP) is -5.24. The molecule has 0 radical (unpaired) electrons. The summed E-state index contributed by atoms with van der Waals surface area (Å²) >= 11 is 0. The first-order chi connectivity index (χ1) is 26.1. The van der Waals surface area contributed by atoms with E-state index in [0.29, 0.717) is 0 Å². The molecule has 14 N–H and O–H groups in total. The van der Waals surface area contributed by atoms with Crippen molar-refractivity contribution >= 4 is 11.0 Å². The van der Waals surface area contributed by atoms with Gasteiger partial charge in [-0.3, -0.25) is 4.79 Å². The second-order valence-corrected chi connectivity index (χ2v) is 13.0.